The fourth-order valence-corrected chi connectivity index (χ4v) is 2.22. The van der Waals surface area contributed by atoms with Gasteiger partial charge in [-0.2, -0.15) is 0 Å². The number of hydrogen-bond donors (Lipinski definition) is 1. The van der Waals surface area contributed by atoms with Crippen LogP contribution in [0.2, 0.25) is 0 Å². The van der Waals surface area contributed by atoms with E-state index in [0.717, 1.165) is 5.56 Å². The number of halogens is 3. The lowest BCUT2D eigenvalue weighted by atomic mass is 10.1. The second-order valence-electron chi connectivity index (χ2n) is 5.30. The van der Waals surface area contributed by atoms with Gasteiger partial charge in [0.15, 0.2) is 0 Å². The Bertz CT molecular complexity index is 723. The van der Waals surface area contributed by atoms with Crippen molar-refractivity contribution in [3.63, 3.8) is 0 Å². The van der Waals surface area contributed by atoms with Crippen molar-refractivity contribution in [2.45, 2.75) is 12.8 Å². The van der Waals surface area contributed by atoms with Crippen LogP contribution in [0, 0.1) is 0 Å². The Morgan fingerprint density at radius 3 is 2.04 bits per heavy atom. The van der Waals surface area contributed by atoms with Crippen molar-refractivity contribution >= 4 is 5.91 Å². The first-order valence-corrected chi connectivity index (χ1v) is 7.66. The van der Waals surface area contributed by atoms with Crippen molar-refractivity contribution in [3.05, 3.63) is 53.6 Å². The van der Waals surface area contributed by atoms with Gasteiger partial charge in [-0.3, -0.25) is 4.79 Å². The standard InChI is InChI=1S/C18H18F3NO4/c1-24-15-9-13(10-16(11-15)25-2)17(23)22-8-7-12-3-5-14(6-4-12)26-18(19,20)21/h3-6,9-11H,7-8H2,1-2H3,(H,22,23). The summed E-state index contributed by atoms with van der Waals surface area (Å²) in [6, 6.07) is 10.3. The van der Waals surface area contributed by atoms with Crippen molar-refractivity contribution in [1.29, 1.82) is 0 Å². The SMILES string of the molecule is COc1cc(OC)cc(C(=O)NCCc2ccc(OC(F)(F)F)cc2)c1. The third-order valence-corrected chi connectivity index (χ3v) is 3.47. The molecule has 2 aromatic rings. The molecule has 0 aliphatic rings. The van der Waals surface area contributed by atoms with Crippen LogP contribution >= 0.6 is 0 Å². The third kappa shape index (κ3) is 5.87. The Balaban J connectivity index is 1.90. The predicted octanol–water partition coefficient (Wildman–Crippen LogP) is 3.57. The number of amides is 1. The van der Waals surface area contributed by atoms with Crippen molar-refractivity contribution in [3.8, 4) is 17.2 Å². The highest BCUT2D eigenvalue weighted by molar-refractivity contribution is 5.95. The van der Waals surface area contributed by atoms with Crippen molar-refractivity contribution in [2.24, 2.45) is 0 Å². The molecule has 140 valence electrons. The van der Waals surface area contributed by atoms with Gasteiger partial charge < -0.3 is 19.5 Å². The minimum Gasteiger partial charge on any atom is -0.497 e. The molecule has 2 rings (SSSR count). The van der Waals surface area contributed by atoms with E-state index in [-0.39, 0.29) is 11.7 Å². The van der Waals surface area contributed by atoms with Crippen LogP contribution in [-0.2, 0) is 6.42 Å². The van der Waals surface area contributed by atoms with Crippen molar-refractivity contribution in [2.75, 3.05) is 20.8 Å². The Hall–Kier alpha value is -2.90. The number of methoxy groups -OCH3 is 2. The van der Waals surface area contributed by atoms with Gasteiger partial charge in [-0.1, -0.05) is 12.1 Å². The molecule has 0 heterocycles. The Morgan fingerprint density at radius 1 is 0.962 bits per heavy atom. The molecule has 5 nitrogen and oxygen atoms in total. The van der Waals surface area contributed by atoms with Crippen molar-refractivity contribution < 1.29 is 32.2 Å². The molecular formula is C18H18F3NO4. The summed E-state index contributed by atoms with van der Waals surface area (Å²) in [4.78, 5) is 12.2. The average Bonchev–Trinajstić information content (AvgIpc) is 2.61. The van der Waals surface area contributed by atoms with Crippen molar-refractivity contribution in [1.82, 2.24) is 5.32 Å². The maximum absolute atomic E-state index is 12.2. The zero-order valence-electron chi connectivity index (χ0n) is 14.2. The fraction of sp³-hybridized carbons (Fsp3) is 0.278. The molecule has 0 fully saturated rings. The van der Waals surface area contributed by atoms with Gasteiger partial charge in [-0.05, 0) is 36.2 Å². The largest absolute Gasteiger partial charge is 0.573 e. The van der Waals surface area contributed by atoms with E-state index < -0.39 is 6.36 Å². The number of carbonyl (C=O) groups excluding carboxylic acids is 1. The number of benzene rings is 2. The fourth-order valence-electron chi connectivity index (χ4n) is 2.22. The number of carbonyl (C=O) groups is 1. The average molecular weight is 369 g/mol. The zero-order chi connectivity index (χ0) is 19.2. The second kappa shape index (κ2) is 8.46. The maximum Gasteiger partial charge on any atom is 0.573 e. The summed E-state index contributed by atoms with van der Waals surface area (Å²) in [5.74, 6) is 0.400. The van der Waals surface area contributed by atoms with Crippen LogP contribution < -0.4 is 19.5 Å². The highest BCUT2D eigenvalue weighted by Gasteiger charge is 2.30. The molecule has 0 atom stereocenters. The zero-order valence-corrected chi connectivity index (χ0v) is 14.2. The number of rotatable bonds is 7. The molecule has 8 heteroatoms. The van der Waals surface area contributed by atoms with E-state index in [1.807, 2.05) is 0 Å². The quantitative estimate of drug-likeness (QED) is 0.811. The molecule has 0 bridgehead atoms. The molecule has 1 N–H and O–H groups in total. The molecule has 0 aliphatic heterocycles. The molecule has 0 spiro atoms. The van der Waals surface area contributed by atoms with E-state index in [0.29, 0.717) is 30.0 Å². The van der Waals surface area contributed by atoms with Crippen LogP contribution in [-0.4, -0.2) is 33.0 Å². The number of ether oxygens (including phenoxy) is 3. The maximum atomic E-state index is 12.2. The van der Waals surface area contributed by atoms with Crippen LogP contribution in [0.3, 0.4) is 0 Å². The summed E-state index contributed by atoms with van der Waals surface area (Å²) < 4.78 is 50.4. The van der Waals surface area contributed by atoms with Gasteiger partial charge >= 0.3 is 6.36 Å². The lowest BCUT2D eigenvalue weighted by Crippen LogP contribution is -2.25. The van der Waals surface area contributed by atoms with Gasteiger partial charge in [0.25, 0.3) is 5.91 Å². The lowest BCUT2D eigenvalue weighted by molar-refractivity contribution is -0.274. The van der Waals surface area contributed by atoms with Gasteiger partial charge in [0.2, 0.25) is 0 Å². The first-order chi connectivity index (χ1) is 12.3. The summed E-state index contributed by atoms with van der Waals surface area (Å²) in [5.41, 5.74) is 1.15. The van der Waals surface area contributed by atoms with Gasteiger partial charge in [0.1, 0.15) is 17.2 Å². The molecule has 0 saturated carbocycles. The lowest BCUT2D eigenvalue weighted by Gasteiger charge is -2.10. The summed E-state index contributed by atoms with van der Waals surface area (Å²) in [7, 11) is 2.98. The summed E-state index contributed by atoms with van der Waals surface area (Å²) in [6.07, 6.45) is -4.26. The van der Waals surface area contributed by atoms with Crippen LogP contribution in [0.5, 0.6) is 17.2 Å². The molecule has 0 saturated heterocycles. The Morgan fingerprint density at radius 2 is 1.54 bits per heavy atom. The normalized spacial score (nSPS) is 11.0. The first kappa shape index (κ1) is 19.4. The van der Waals surface area contributed by atoms with Gasteiger partial charge in [-0.15, -0.1) is 13.2 Å². The number of alkyl halides is 3. The second-order valence-corrected chi connectivity index (χ2v) is 5.30. The van der Waals surface area contributed by atoms with Crippen LogP contribution in [0.25, 0.3) is 0 Å². The summed E-state index contributed by atoms with van der Waals surface area (Å²) >= 11 is 0. The number of nitrogens with one attached hydrogen (secondary N) is 1. The van der Waals surface area contributed by atoms with E-state index >= 15 is 0 Å². The highest BCUT2D eigenvalue weighted by atomic mass is 19.4. The molecule has 0 aliphatic carbocycles. The van der Waals surface area contributed by atoms with Crippen LogP contribution in [0.4, 0.5) is 13.2 Å². The molecule has 26 heavy (non-hydrogen) atoms. The molecule has 2 aromatic carbocycles. The van der Waals surface area contributed by atoms with E-state index in [4.69, 9.17) is 9.47 Å². The molecule has 0 radical (unpaired) electrons. The van der Waals surface area contributed by atoms with E-state index in [2.05, 4.69) is 10.1 Å². The molecule has 1 amide bonds. The Kier molecular flexibility index (Phi) is 6.32. The minimum atomic E-state index is -4.71. The monoisotopic (exact) mass is 369 g/mol. The van der Waals surface area contributed by atoms with E-state index in [1.165, 1.54) is 38.5 Å². The third-order valence-electron chi connectivity index (χ3n) is 3.47. The highest BCUT2D eigenvalue weighted by Crippen LogP contribution is 2.23. The van der Waals surface area contributed by atoms with E-state index in [1.54, 1.807) is 18.2 Å². The smallest absolute Gasteiger partial charge is 0.497 e. The van der Waals surface area contributed by atoms with E-state index in [9.17, 15) is 18.0 Å². The summed E-state index contributed by atoms with van der Waals surface area (Å²) in [6.45, 7) is 0.317. The topological polar surface area (TPSA) is 56.8 Å². The van der Waals surface area contributed by atoms with Gasteiger partial charge in [-0.25, -0.2) is 0 Å². The number of hydrogen-bond acceptors (Lipinski definition) is 4. The molecular weight excluding hydrogens is 351 g/mol. The van der Waals surface area contributed by atoms with Gasteiger partial charge in [0, 0.05) is 18.2 Å². The van der Waals surface area contributed by atoms with Crippen LogP contribution in [0.15, 0.2) is 42.5 Å². The van der Waals surface area contributed by atoms with Crippen LogP contribution in [0.1, 0.15) is 15.9 Å². The predicted molar refractivity (Wildman–Crippen MR) is 88.7 cm³/mol. The molecule has 0 unspecified atom stereocenters. The molecule has 0 aromatic heterocycles. The van der Waals surface area contributed by atoms with Gasteiger partial charge in [0.05, 0.1) is 14.2 Å². The first-order valence-electron chi connectivity index (χ1n) is 7.66. The Labute approximate surface area is 148 Å². The summed E-state index contributed by atoms with van der Waals surface area (Å²) in [5, 5.41) is 2.74. The minimum absolute atomic E-state index is 0.284.